The summed E-state index contributed by atoms with van der Waals surface area (Å²) in [4.78, 5) is 54.1. The number of amides is 2. The number of carbonyl (C=O) groups is 4. The maximum absolute atomic E-state index is 14.0. The molecule has 2 amide bonds. The number of aliphatic carboxylic acids is 1. The van der Waals surface area contributed by atoms with E-state index >= 15 is 0 Å². The average molecular weight is 539 g/mol. The molecule has 4 atom stereocenters. The van der Waals surface area contributed by atoms with Crippen LogP contribution in [0.3, 0.4) is 0 Å². The van der Waals surface area contributed by atoms with Gasteiger partial charge in [0.25, 0.3) is 0 Å². The maximum atomic E-state index is 14.0. The maximum Gasteiger partial charge on any atom is 0.337 e. The van der Waals surface area contributed by atoms with Gasteiger partial charge < -0.3 is 9.84 Å². The van der Waals surface area contributed by atoms with Crippen molar-refractivity contribution in [1.29, 1.82) is 0 Å². The Morgan fingerprint density at radius 3 is 2.37 bits per heavy atom. The predicted octanol–water partition coefficient (Wildman–Crippen LogP) is 4.68. The molecule has 0 bridgehead atoms. The van der Waals surface area contributed by atoms with Gasteiger partial charge in [-0.1, -0.05) is 61.9 Å². The van der Waals surface area contributed by atoms with Gasteiger partial charge in [-0.25, -0.2) is 9.69 Å². The minimum absolute atomic E-state index is 0.138. The lowest BCUT2D eigenvalue weighted by Gasteiger charge is -2.35. The lowest BCUT2D eigenvalue weighted by Crippen LogP contribution is -2.57. The molecule has 2 heterocycles. The van der Waals surface area contributed by atoms with Gasteiger partial charge >= 0.3 is 11.9 Å². The minimum Gasteiger partial charge on any atom is -0.480 e. The van der Waals surface area contributed by atoms with Gasteiger partial charge in [-0.2, -0.15) is 0 Å². The summed E-state index contributed by atoms with van der Waals surface area (Å²) in [5, 5.41) is 14.4. The van der Waals surface area contributed by atoms with Crippen molar-refractivity contribution in [3.05, 3.63) is 64.2 Å². The Morgan fingerprint density at radius 1 is 1.08 bits per heavy atom. The Labute approximate surface area is 226 Å². The number of anilines is 1. The predicted molar refractivity (Wildman–Crippen MR) is 141 cm³/mol. The van der Waals surface area contributed by atoms with Crippen molar-refractivity contribution in [2.24, 2.45) is 17.8 Å². The zero-order chi connectivity index (χ0) is 27.2. The van der Waals surface area contributed by atoms with Crippen LogP contribution in [-0.4, -0.2) is 41.5 Å². The molecule has 9 heteroatoms. The highest BCUT2D eigenvalue weighted by Gasteiger charge is 2.68. The van der Waals surface area contributed by atoms with Crippen LogP contribution in [-0.2, 0) is 19.1 Å². The standard InChI is InChI=1S/C29H31ClN2O6/c1-16-8-13-20(14-21(16)30)32-25(33)22-23(26(32)34)29(28(36)37,15-17-6-4-3-5-7-17)31-24(22)18-9-11-19(12-10-18)27(35)38-2/h8-14,17,22-24,31H,3-7,15H2,1-2H3,(H,36,37). The number of carboxylic acids is 1. The molecule has 4 unspecified atom stereocenters. The van der Waals surface area contributed by atoms with E-state index < -0.39 is 47.2 Å². The number of nitrogens with zero attached hydrogens (tertiary/aromatic N) is 1. The number of esters is 1. The largest absolute Gasteiger partial charge is 0.480 e. The van der Waals surface area contributed by atoms with E-state index in [2.05, 4.69) is 5.32 Å². The number of carboxylic acid groups (broad SMARTS) is 1. The van der Waals surface area contributed by atoms with Crippen molar-refractivity contribution in [3.8, 4) is 0 Å². The molecular formula is C29H31ClN2O6. The molecule has 2 aromatic rings. The van der Waals surface area contributed by atoms with Crippen molar-refractivity contribution in [2.75, 3.05) is 12.0 Å². The number of halogens is 1. The summed E-state index contributed by atoms with van der Waals surface area (Å²) in [5.41, 5.74) is 0.499. The first kappa shape index (κ1) is 26.4. The second-order valence-electron chi connectivity index (χ2n) is 10.7. The van der Waals surface area contributed by atoms with E-state index in [9.17, 15) is 24.3 Å². The number of hydrogen-bond acceptors (Lipinski definition) is 6. The van der Waals surface area contributed by atoms with E-state index in [0.717, 1.165) is 42.6 Å². The summed E-state index contributed by atoms with van der Waals surface area (Å²) in [7, 11) is 1.29. The Morgan fingerprint density at radius 2 is 1.76 bits per heavy atom. The van der Waals surface area contributed by atoms with E-state index in [1.807, 2.05) is 6.92 Å². The van der Waals surface area contributed by atoms with E-state index in [1.165, 1.54) is 7.11 Å². The highest BCUT2D eigenvalue weighted by Crippen LogP contribution is 2.52. The summed E-state index contributed by atoms with van der Waals surface area (Å²) >= 11 is 6.33. The van der Waals surface area contributed by atoms with Crippen molar-refractivity contribution in [1.82, 2.24) is 5.32 Å². The molecule has 3 fully saturated rings. The first-order valence-electron chi connectivity index (χ1n) is 13.0. The first-order valence-corrected chi connectivity index (χ1v) is 13.4. The zero-order valence-corrected chi connectivity index (χ0v) is 22.2. The number of fused-ring (bicyclic) bond motifs is 1. The highest BCUT2D eigenvalue weighted by molar-refractivity contribution is 6.32. The normalized spacial score (nSPS) is 27.4. The monoisotopic (exact) mass is 538 g/mol. The number of benzene rings is 2. The van der Waals surface area contributed by atoms with Gasteiger partial charge in [-0.3, -0.25) is 19.7 Å². The molecule has 2 N–H and O–H groups in total. The minimum atomic E-state index is -1.60. The van der Waals surface area contributed by atoms with Gasteiger partial charge in [0.15, 0.2) is 0 Å². The van der Waals surface area contributed by atoms with E-state index in [-0.39, 0.29) is 12.3 Å². The Balaban J connectivity index is 1.60. The third-order valence-corrected chi connectivity index (χ3v) is 8.88. The van der Waals surface area contributed by atoms with Gasteiger partial charge in [-0.05, 0) is 54.7 Å². The molecule has 5 rings (SSSR count). The van der Waals surface area contributed by atoms with Crippen molar-refractivity contribution in [2.45, 2.75) is 57.0 Å². The lowest BCUT2D eigenvalue weighted by atomic mass is 9.72. The molecule has 3 aliphatic rings. The molecular weight excluding hydrogens is 508 g/mol. The van der Waals surface area contributed by atoms with E-state index in [0.29, 0.717) is 21.8 Å². The smallest absolute Gasteiger partial charge is 0.337 e. The Bertz CT molecular complexity index is 1290. The Hall–Kier alpha value is -3.23. The molecule has 38 heavy (non-hydrogen) atoms. The first-order chi connectivity index (χ1) is 18.2. The molecule has 1 aliphatic carbocycles. The summed E-state index contributed by atoms with van der Waals surface area (Å²) in [6, 6.07) is 10.8. The highest BCUT2D eigenvalue weighted by atomic mass is 35.5. The number of rotatable bonds is 6. The van der Waals surface area contributed by atoms with Crippen LogP contribution < -0.4 is 10.2 Å². The molecule has 2 saturated heterocycles. The van der Waals surface area contributed by atoms with Crippen molar-refractivity contribution in [3.63, 3.8) is 0 Å². The van der Waals surface area contributed by atoms with Crippen LogP contribution in [0.5, 0.6) is 0 Å². The number of imide groups is 1. The number of nitrogens with one attached hydrogen (secondary N) is 1. The number of methoxy groups -OCH3 is 1. The van der Waals surface area contributed by atoms with Crippen LogP contribution >= 0.6 is 11.6 Å². The van der Waals surface area contributed by atoms with Crippen LogP contribution in [0.1, 0.15) is 66.1 Å². The molecule has 1 saturated carbocycles. The molecule has 2 aliphatic heterocycles. The van der Waals surface area contributed by atoms with Gasteiger partial charge in [0.05, 0.1) is 30.2 Å². The summed E-state index contributed by atoms with van der Waals surface area (Å²) in [6.45, 7) is 1.83. The number of carbonyl (C=O) groups excluding carboxylic acids is 3. The Kier molecular flexibility index (Phi) is 7.05. The topological polar surface area (TPSA) is 113 Å². The number of hydrogen-bond donors (Lipinski definition) is 2. The second-order valence-corrected chi connectivity index (χ2v) is 11.1. The fourth-order valence-corrected chi connectivity index (χ4v) is 6.70. The van der Waals surface area contributed by atoms with Crippen LogP contribution in [0, 0.1) is 24.7 Å². The van der Waals surface area contributed by atoms with E-state index in [4.69, 9.17) is 16.3 Å². The van der Waals surface area contributed by atoms with Crippen molar-refractivity contribution < 1.29 is 29.0 Å². The van der Waals surface area contributed by atoms with Gasteiger partial charge in [0, 0.05) is 11.1 Å². The van der Waals surface area contributed by atoms with Crippen LogP contribution in [0.25, 0.3) is 0 Å². The zero-order valence-electron chi connectivity index (χ0n) is 21.4. The lowest BCUT2D eigenvalue weighted by molar-refractivity contribution is -0.150. The second kappa shape index (κ2) is 10.2. The molecule has 2 aromatic carbocycles. The number of ether oxygens (including phenoxy) is 1. The number of aryl methyl sites for hydroxylation is 1. The molecule has 200 valence electrons. The third kappa shape index (κ3) is 4.29. The van der Waals surface area contributed by atoms with Crippen LogP contribution in [0.4, 0.5) is 5.69 Å². The summed E-state index contributed by atoms with van der Waals surface area (Å²) < 4.78 is 4.78. The van der Waals surface area contributed by atoms with Crippen LogP contribution in [0.15, 0.2) is 42.5 Å². The SMILES string of the molecule is COC(=O)c1ccc(C2NC(CC3CCCCC3)(C(=O)O)C3C(=O)N(c4ccc(C)c(Cl)c4)C(=O)C23)cc1. The van der Waals surface area contributed by atoms with E-state index in [1.54, 1.807) is 42.5 Å². The summed E-state index contributed by atoms with van der Waals surface area (Å²) in [5.74, 6) is -4.48. The molecule has 0 aromatic heterocycles. The quantitative estimate of drug-likeness (QED) is 0.405. The molecule has 8 nitrogen and oxygen atoms in total. The van der Waals surface area contributed by atoms with Crippen LogP contribution in [0.2, 0.25) is 5.02 Å². The third-order valence-electron chi connectivity index (χ3n) is 8.48. The molecule has 0 spiro atoms. The van der Waals surface area contributed by atoms with Gasteiger partial charge in [0.2, 0.25) is 11.8 Å². The van der Waals surface area contributed by atoms with Gasteiger partial charge in [0.1, 0.15) is 5.54 Å². The summed E-state index contributed by atoms with van der Waals surface area (Å²) in [6.07, 6.45) is 5.21. The average Bonchev–Trinajstić information content (AvgIpc) is 3.40. The molecule has 0 radical (unpaired) electrons. The fraction of sp³-hybridized carbons (Fsp3) is 0.448. The van der Waals surface area contributed by atoms with Gasteiger partial charge in [-0.15, -0.1) is 0 Å². The fourth-order valence-electron chi connectivity index (χ4n) is 6.53. The van der Waals surface area contributed by atoms with Crippen molar-refractivity contribution >= 4 is 41.0 Å².